The zero-order valence-electron chi connectivity index (χ0n) is 12.9. The summed E-state index contributed by atoms with van der Waals surface area (Å²) in [6.07, 6.45) is 0.703. The number of carbonyl (C=O) groups is 2. The van der Waals surface area contributed by atoms with E-state index in [2.05, 4.69) is 4.98 Å². The number of aromatic nitrogens is 1. The minimum absolute atomic E-state index is 0. The van der Waals surface area contributed by atoms with Crippen molar-refractivity contribution in [1.82, 2.24) is 14.8 Å². The topological polar surface area (TPSA) is 79.5 Å². The molecule has 1 aliphatic heterocycles. The first-order chi connectivity index (χ1) is 10.0. The lowest BCUT2D eigenvalue weighted by Crippen LogP contribution is -2.51. The van der Waals surface area contributed by atoms with Crippen LogP contribution in [-0.4, -0.2) is 59.3 Å². The molecule has 0 aliphatic carbocycles. The van der Waals surface area contributed by atoms with Crippen molar-refractivity contribution in [3.05, 3.63) is 16.1 Å². The number of piperazine rings is 1. The predicted molar refractivity (Wildman–Crippen MR) is 89.4 cm³/mol. The highest BCUT2D eigenvalue weighted by molar-refractivity contribution is 7.09. The lowest BCUT2D eigenvalue weighted by atomic mass is 10.1. The van der Waals surface area contributed by atoms with Gasteiger partial charge in [-0.15, -0.1) is 23.7 Å². The number of hydrogen-bond acceptors (Lipinski definition) is 5. The van der Waals surface area contributed by atoms with Gasteiger partial charge >= 0.3 is 0 Å². The Labute approximate surface area is 141 Å². The van der Waals surface area contributed by atoms with Gasteiger partial charge in [-0.25, -0.2) is 4.98 Å². The van der Waals surface area contributed by atoms with Crippen LogP contribution < -0.4 is 5.73 Å². The summed E-state index contributed by atoms with van der Waals surface area (Å²) in [6.45, 7) is 6.67. The van der Waals surface area contributed by atoms with E-state index in [0.29, 0.717) is 44.8 Å². The second kappa shape index (κ2) is 8.45. The molecule has 124 valence electrons. The standard InChI is InChI=1S/C14H22N4O2S.ClH/c1-10(2)13(19)17-5-7-18(8-6-17)14(20)11-9-21-12(16-11)3-4-15;/h9-10H,3-8,15H2,1-2H3;1H. The number of nitrogens with zero attached hydrogens (tertiary/aromatic N) is 3. The highest BCUT2D eigenvalue weighted by Gasteiger charge is 2.26. The summed E-state index contributed by atoms with van der Waals surface area (Å²) in [5, 5.41) is 2.69. The Kier molecular flexibility index (Phi) is 7.25. The SMILES string of the molecule is CC(C)C(=O)N1CCN(C(=O)c2csc(CCN)n2)CC1.Cl. The molecule has 0 unspecified atom stereocenters. The van der Waals surface area contributed by atoms with Gasteiger partial charge in [-0.3, -0.25) is 9.59 Å². The summed E-state index contributed by atoms with van der Waals surface area (Å²) in [4.78, 5) is 32.2. The first-order valence-electron chi connectivity index (χ1n) is 7.25. The smallest absolute Gasteiger partial charge is 0.273 e. The van der Waals surface area contributed by atoms with Crippen LogP contribution in [-0.2, 0) is 11.2 Å². The van der Waals surface area contributed by atoms with Crippen LogP contribution in [0.3, 0.4) is 0 Å². The number of nitrogens with two attached hydrogens (primary N) is 1. The monoisotopic (exact) mass is 346 g/mol. The molecule has 2 rings (SSSR count). The third kappa shape index (κ3) is 4.41. The Morgan fingerprint density at radius 3 is 2.41 bits per heavy atom. The molecular weight excluding hydrogens is 324 g/mol. The molecule has 22 heavy (non-hydrogen) atoms. The van der Waals surface area contributed by atoms with Crippen molar-refractivity contribution in [2.45, 2.75) is 20.3 Å². The molecule has 0 radical (unpaired) electrons. The summed E-state index contributed by atoms with van der Waals surface area (Å²) in [6, 6.07) is 0. The predicted octanol–water partition coefficient (Wildman–Crippen LogP) is 1.01. The minimum atomic E-state index is -0.0498. The van der Waals surface area contributed by atoms with Crippen LogP contribution in [0.15, 0.2) is 5.38 Å². The molecule has 6 nitrogen and oxygen atoms in total. The molecule has 0 spiro atoms. The molecule has 0 bridgehead atoms. The number of thiazole rings is 1. The molecule has 2 amide bonds. The number of halogens is 1. The molecule has 1 fully saturated rings. The summed E-state index contributed by atoms with van der Waals surface area (Å²) in [7, 11) is 0. The van der Waals surface area contributed by atoms with Crippen LogP contribution in [0, 0.1) is 5.92 Å². The molecule has 8 heteroatoms. The Hall–Kier alpha value is -1.18. The summed E-state index contributed by atoms with van der Waals surface area (Å²) in [5.74, 6) is 0.108. The van der Waals surface area contributed by atoms with E-state index < -0.39 is 0 Å². The number of amides is 2. The quantitative estimate of drug-likeness (QED) is 0.882. The highest BCUT2D eigenvalue weighted by Crippen LogP contribution is 2.14. The van der Waals surface area contributed by atoms with Gasteiger partial charge in [0.25, 0.3) is 5.91 Å². The third-order valence-electron chi connectivity index (χ3n) is 3.50. The van der Waals surface area contributed by atoms with Crippen LogP contribution in [0.4, 0.5) is 0 Å². The van der Waals surface area contributed by atoms with Crippen molar-refractivity contribution in [3.8, 4) is 0 Å². The fraction of sp³-hybridized carbons (Fsp3) is 0.643. The molecule has 0 atom stereocenters. The van der Waals surface area contributed by atoms with E-state index in [1.165, 1.54) is 11.3 Å². The van der Waals surface area contributed by atoms with Crippen molar-refractivity contribution in [2.75, 3.05) is 32.7 Å². The normalized spacial score (nSPS) is 14.9. The van der Waals surface area contributed by atoms with Gasteiger partial charge in [0.05, 0.1) is 5.01 Å². The van der Waals surface area contributed by atoms with E-state index in [4.69, 9.17) is 5.73 Å². The molecule has 2 N–H and O–H groups in total. The average Bonchev–Trinajstić information content (AvgIpc) is 2.95. The Bertz CT molecular complexity index is 513. The molecule has 2 heterocycles. The Morgan fingerprint density at radius 1 is 1.27 bits per heavy atom. The van der Waals surface area contributed by atoms with Crippen molar-refractivity contribution in [2.24, 2.45) is 11.7 Å². The van der Waals surface area contributed by atoms with E-state index in [1.807, 2.05) is 18.7 Å². The van der Waals surface area contributed by atoms with Crippen LogP contribution in [0.25, 0.3) is 0 Å². The van der Waals surface area contributed by atoms with Crippen LogP contribution in [0.1, 0.15) is 29.3 Å². The number of carbonyl (C=O) groups excluding carboxylic acids is 2. The molecule has 0 aromatic carbocycles. The van der Waals surface area contributed by atoms with Crippen molar-refractivity contribution in [1.29, 1.82) is 0 Å². The van der Waals surface area contributed by atoms with Gasteiger partial charge in [-0.1, -0.05) is 13.8 Å². The molecule has 1 aromatic heterocycles. The van der Waals surface area contributed by atoms with E-state index >= 15 is 0 Å². The number of rotatable bonds is 4. The van der Waals surface area contributed by atoms with Gasteiger partial charge in [0.1, 0.15) is 5.69 Å². The third-order valence-corrected chi connectivity index (χ3v) is 4.41. The van der Waals surface area contributed by atoms with E-state index in [1.54, 1.807) is 10.3 Å². The zero-order valence-corrected chi connectivity index (χ0v) is 14.6. The fourth-order valence-corrected chi connectivity index (χ4v) is 3.09. The molecule has 1 aromatic rings. The highest BCUT2D eigenvalue weighted by atomic mass is 35.5. The first-order valence-corrected chi connectivity index (χ1v) is 8.13. The molecular formula is C14H23ClN4O2S. The molecule has 0 saturated carbocycles. The Morgan fingerprint density at radius 2 is 1.86 bits per heavy atom. The fourth-order valence-electron chi connectivity index (χ4n) is 2.30. The van der Waals surface area contributed by atoms with Gasteiger partial charge in [0, 0.05) is 43.9 Å². The van der Waals surface area contributed by atoms with Gasteiger partial charge in [-0.2, -0.15) is 0 Å². The maximum atomic E-state index is 12.4. The average molecular weight is 347 g/mol. The summed E-state index contributed by atoms with van der Waals surface area (Å²) in [5.41, 5.74) is 5.98. The van der Waals surface area contributed by atoms with Crippen LogP contribution in [0.5, 0.6) is 0 Å². The van der Waals surface area contributed by atoms with Gasteiger partial charge in [0.2, 0.25) is 5.91 Å². The van der Waals surface area contributed by atoms with E-state index in [9.17, 15) is 9.59 Å². The summed E-state index contributed by atoms with van der Waals surface area (Å²) < 4.78 is 0. The minimum Gasteiger partial charge on any atom is -0.339 e. The van der Waals surface area contributed by atoms with E-state index in [-0.39, 0.29) is 30.1 Å². The molecule has 1 saturated heterocycles. The molecule has 1 aliphatic rings. The van der Waals surface area contributed by atoms with Crippen LogP contribution in [0.2, 0.25) is 0 Å². The zero-order chi connectivity index (χ0) is 15.4. The lowest BCUT2D eigenvalue weighted by molar-refractivity contribution is -0.135. The second-order valence-corrected chi connectivity index (χ2v) is 6.38. The lowest BCUT2D eigenvalue weighted by Gasteiger charge is -2.35. The van der Waals surface area contributed by atoms with Crippen LogP contribution >= 0.6 is 23.7 Å². The first kappa shape index (κ1) is 18.9. The van der Waals surface area contributed by atoms with Gasteiger partial charge < -0.3 is 15.5 Å². The van der Waals surface area contributed by atoms with E-state index in [0.717, 1.165) is 5.01 Å². The Balaban J connectivity index is 0.00000242. The van der Waals surface area contributed by atoms with Crippen molar-refractivity contribution in [3.63, 3.8) is 0 Å². The maximum Gasteiger partial charge on any atom is 0.273 e. The number of hydrogen-bond donors (Lipinski definition) is 1. The van der Waals surface area contributed by atoms with Gasteiger partial charge in [0.15, 0.2) is 0 Å². The largest absolute Gasteiger partial charge is 0.339 e. The second-order valence-electron chi connectivity index (χ2n) is 5.44. The van der Waals surface area contributed by atoms with Gasteiger partial charge in [-0.05, 0) is 6.54 Å². The van der Waals surface area contributed by atoms with Crippen molar-refractivity contribution >= 4 is 35.6 Å². The van der Waals surface area contributed by atoms with Crippen molar-refractivity contribution < 1.29 is 9.59 Å². The summed E-state index contributed by atoms with van der Waals surface area (Å²) >= 11 is 1.47. The maximum absolute atomic E-state index is 12.4.